The molecule has 0 aliphatic carbocycles. The number of unbranched alkanes of at least 4 members (excludes halogenated alkanes) is 26. The first kappa shape index (κ1) is 138. The van der Waals surface area contributed by atoms with Crippen LogP contribution in [0.1, 0.15) is 317 Å². The van der Waals surface area contributed by atoms with Crippen molar-refractivity contribution in [2.75, 3.05) is 51.0 Å². The van der Waals surface area contributed by atoms with Gasteiger partial charge in [0.1, 0.15) is 85.2 Å². The summed E-state index contributed by atoms with van der Waals surface area (Å²) >= 11 is 1.08. The molecule has 0 heterocycles. The first-order valence-electron chi connectivity index (χ1n) is 52.0. The van der Waals surface area contributed by atoms with Gasteiger partial charge in [-0.05, 0) is 88.8 Å². The second kappa shape index (κ2) is 82.5. The van der Waals surface area contributed by atoms with E-state index in [-0.39, 0.29) is 90.0 Å². The summed E-state index contributed by atoms with van der Waals surface area (Å²) in [6.07, 6.45) is 21.2. The minimum Gasteiger partial charge on any atom is -0.481 e. The fraction of sp³-hybridized carbons (Fsp3) is 0.720. The van der Waals surface area contributed by atoms with Crippen molar-refractivity contribution < 1.29 is 146 Å². The zero-order chi connectivity index (χ0) is 112. The SMILES string of the molecule is C.CCCCCCCCCCCCCCCC(=O)OCC(CSCC(N)C(=O)NCC(=O)NC(CC(N)=O)C(=O)NC(CC(N)=O)C(=O)NC(CC(=O)O)C(=O)NC(CCC(=O)O)C(=O)NC(CO)C(=O)NC(CC(N)=O)C(=O)NC(C(=O)NC(CO)C(=O)NC(Cc1ccccc1)C(=O)NC(CCCCN)C(=O)NC(CCC(=O)O)C(=O)NC(CCCCN)C(=O)O)C(C)CC)OC(=O)CCCCCCCCCCCCCCC. The standard InChI is InChI=1S/C99H167N19O30S.CH4/c1-5-8-10-12-14-16-18-20-22-24-26-28-33-43-84(131)147-59-64(148-85(132)44-34-29-27-25-23-21-19-17-15-13-11-9-6-2)60-149-61-65(102)87(133)106-56-80(124)107-71(52-77(103)121)92(138)113-72(53-78(104)122)93(139)115-74(55-83(129)130)94(140)110-68(46-48-82(127)128)90(136)116-75(57-119)96(142)114-73(54-79(105)123)95(141)118-86(62(4)7-3)98(144)117-76(58-120)97(143)112-70(51-63-39-31-30-32-40-63)91(137)108-66(41-35-37-49-100)88(134)109-67(45-47-81(125)126)89(135)111-69(99(145)146)42-36-38-50-101;/h30-32,39-40,62,64-76,86,119-120H,5-29,33-38,41-61,100-102H2,1-4H3,(H2,103,121)(H2,104,122)(H2,105,123)(H,106,133)(H,107,124)(H,108,137)(H,109,134)(H,110,140)(H,111,135)(H,112,143)(H,113,138)(H,114,142)(H,115,139)(H,116,136)(H,117,144)(H,118,141)(H,125,126)(H,127,128)(H,129,130)(H,145,146);1H4. The lowest BCUT2D eigenvalue weighted by Gasteiger charge is -2.29. The number of benzene rings is 1. The van der Waals surface area contributed by atoms with Crippen molar-refractivity contribution in [1.29, 1.82) is 0 Å². The van der Waals surface area contributed by atoms with Crippen molar-refractivity contribution >= 4 is 142 Å². The number of aliphatic hydroxyl groups excluding tert-OH is 2. The number of nitrogens with two attached hydrogens (primary N) is 6. The van der Waals surface area contributed by atoms with Crippen LogP contribution in [0.4, 0.5) is 0 Å². The quantitative estimate of drug-likeness (QED) is 0.0311. The number of carboxylic acid groups (broad SMARTS) is 4. The highest BCUT2D eigenvalue weighted by Crippen LogP contribution is 2.20. The van der Waals surface area contributed by atoms with E-state index in [9.17, 15) is 136 Å². The summed E-state index contributed by atoms with van der Waals surface area (Å²) in [6, 6.07) is -16.6. The molecule has 0 saturated heterocycles. The average Bonchev–Trinajstić information content (AvgIpc) is 0.841. The summed E-state index contributed by atoms with van der Waals surface area (Å²) < 4.78 is 11.4. The monoisotopic (exact) mass is 2150 g/mol. The Labute approximate surface area is 882 Å². The number of esters is 2. The van der Waals surface area contributed by atoms with E-state index >= 15 is 0 Å². The van der Waals surface area contributed by atoms with Crippen molar-refractivity contribution in [3.8, 4) is 0 Å². The van der Waals surface area contributed by atoms with E-state index in [1.54, 1.807) is 37.3 Å². The molecule has 0 fully saturated rings. The van der Waals surface area contributed by atoms with Gasteiger partial charge in [-0.1, -0.05) is 226 Å². The molecule has 15 unspecified atom stereocenters. The smallest absolute Gasteiger partial charge is 0.326 e. The molecule has 0 aromatic heterocycles. The molecule has 852 valence electrons. The van der Waals surface area contributed by atoms with E-state index < -0.39 is 292 Å². The lowest BCUT2D eigenvalue weighted by molar-refractivity contribution is -0.157. The number of carbonyl (C=O) groups excluding carboxylic acids is 18. The van der Waals surface area contributed by atoms with Gasteiger partial charge in [-0.25, -0.2) is 4.79 Å². The molecule has 1 aromatic carbocycles. The third-order valence-electron chi connectivity index (χ3n) is 24.2. The minimum absolute atomic E-state index is 0. The number of primary amides is 3. The van der Waals surface area contributed by atoms with Gasteiger partial charge in [0.15, 0.2) is 0 Å². The Bertz CT molecular complexity index is 4320. The number of aliphatic hydroxyl groups is 2. The van der Waals surface area contributed by atoms with Gasteiger partial charge in [0.25, 0.3) is 0 Å². The lowest BCUT2D eigenvalue weighted by Crippen LogP contribution is -2.62. The van der Waals surface area contributed by atoms with Gasteiger partial charge in [0.2, 0.25) is 94.5 Å². The number of nitrogens with one attached hydrogen (secondary N) is 13. The van der Waals surface area contributed by atoms with E-state index in [0.717, 1.165) is 69.5 Å². The Morgan fingerprint density at radius 3 is 1.07 bits per heavy atom. The Hall–Kier alpha value is -12.3. The van der Waals surface area contributed by atoms with Crippen LogP contribution in [-0.4, -0.2) is 297 Å². The van der Waals surface area contributed by atoms with Crippen LogP contribution in [0.2, 0.25) is 0 Å². The highest BCUT2D eigenvalue weighted by molar-refractivity contribution is 7.99. The van der Waals surface area contributed by atoms with Crippen LogP contribution < -0.4 is 104 Å². The van der Waals surface area contributed by atoms with Gasteiger partial charge in [-0.15, -0.1) is 0 Å². The molecule has 49 nitrogen and oxygen atoms in total. The second-order valence-corrected chi connectivity index (χ2v) is 38.3. The third kappa shape index (κ3) is 64.3. The topological polar surface area (TPSA) is 828 Å². The number of amides is 16. The summed E-state index contributed by atoms with van der Waals surface area (Å²) in [7, 11) is 0. The number of hydrogen-bond donors (Lipinski definition) is 25. The van der Waals surface area contributed by atoms with Crippen LogP contribution in [0.25, 0.3) is 0 Å². The van der Waals surface area contributed by atoms with Crippen molar-refractivity contribution in [2.24, 2.45) is 40.3 Å². The normalized spacial score (nSPS) is 14.0. The van der Waals surface area contributed by atoms with Crippen LogP contribution in [0.5, 0.6) is 0 Å². The lowest BCUT2D eigenvalue weighted by atomic mass is 9.97. The summed E-state index contributed by atoms with van der Waals surface area (Å²) in [6.45, 7) is 3.90. The molecule has 50 heteroatoms. The zero-order valence-electron chi connectivity index (χ0n) is 86.7. The Morgan fingerprint density at radius 2 is 0.680 bits per heavy atom. The molecule has 0 saturated carbocycles. The fourth-order valence-electron chi connectivity index (χ4n) is 15.5. The molecule has 0 spiro atoms. The van der Waals surface area contributed by atoms with Crippen molar-refractivity contribution in [2.45, 2.75) is 402 Å². The number of hydrogen-bond acceptors (Lipinski definition) is 30. The summed E-state index contributed by atoms with van der Waals surface area (Å²) in [5, 5.41) is 89.1. The summed E-state index contributed by atoms with van der Waals surface area (Å²) in [5.74, 6) is -28.9. The van der Waals surface area contributed by atoms with Crippen LogP contribution >= 0.6 is 11.8 Å². The van der Waals surface area contributed by atoms with Crippen LogP contribution in [0.15, 0.2) is 30.3 Å². The van der Waals surface area contributed by atoms with Gasteiger partial charge < -0.3 is 144 Å². The predicted octanol–water partition coefficient (Wildman–Crippen LogP) is 0.481. The number of thioether (sulfide) groups is 1. The molecule has 31 N–H and O–H groups in total. The number of rotatable bonds is 90. The van der Waals surface area contributed by atoms with E-state index in [1.165, 1.54) is 103 Å². The highest BCUT2D eigenvalue weighted by Gasteiger charge is 2.40. The Morgan fingerprint density at radius 1 is 0.347 bits per heavy atom. The first-order chi connectivity index (χ1) is 71.0. The van der Waals surface area contributed by atoms with Crippen LogP contribution in [0.3, 0.4) is 0 Å². The maximum atomic E-state index is 14.5. The van der Waals surface area contributed by atoms with Crippen molar-refractivity contribution in [3.63, 3.8) is 0 Å². The van der Waals surface area contributed by atoms with Gasteiger partial charge in [-0.3, -0.25) is 101 Å². The van der Waals surface area contributed by atoms with E-state index in [4.69, 9.17) is 43.9 Å². The van der Waals surface area contributed by atoms with E-state index in [1.807, 2.05) is 21.3 Å². The largest absolute Gasteiger partial charge is 0.481 e. The van der Waals surface area contributed by atoms with Crippen molar-refractivity contribution in [3.05, 3.63) is 35.9 Å². The highest BCUT2D eigenvalue weighted by atomic mass is 32.2. The summed E-state index contributed by atoms with van der Waals surface area (Å²) in [4.78, 5) is 294. The second-order valence-electron chi connectivity index (χ2n) is 37.2. The molecular formula is C100H171N19O30S. The molecule has 0 aliphatic heterocycles. The fourth-order valence-corrected chi connectivity index (χ4v) is 16.4. The van der Waals surface area contributed by atoms with Gasteiger partial charge in [0.05, 0.1) is 51.5 Å². The molecule has 0 bridgehead atoms. The predicted molar refractivity (Wildman–Crippen MR) is 554 cm³/mol. The molecule has 15 atom stereocenters. The van der Waals surface area contributed by atoms with Crippen molar-refractivity contribution in [1.82, 2.24) is 69.1 Å². The van der Waals surface area contributed by atoms with Gasteiger partial charge in [0, 0.05) is 43.6 Å². The molecule has 0 radical (unpaired) electrons. The number of aliphatic carboxylic acids is 4. The zero-order valence-corrected chi connectivity index (χ0v) is 87.5. The van der Waals surface area contributed by atoms with Gasteiger partial charge >= 0.3 is 35.8 Å². The maximum absolute atomic E-state index is 14.5. The molecule has 1 aromatic rings. The Kier molecular flexibility index (Phi) is 75.7. The molecule has 150 heavy (non-hydrogen) atoms. The minimum atomic E-state index is -2.35. The third-order valence-corrected chi connectivity index (χ3v) is 25.4. The summed E-state index contributed by atoms with van der Waals surface area (Å²) in [5.41, 5.74) is 34.3. The van der Waals surface area contributed by atoms with E-state index in [2.05, 4.69) is 61.7 Å². The number of carbonyl (C=O) groups is 22. The molecular weight excluding hydrogens is 1980 g/mol. The molecule has 0 aliphatic rings. The first-order valence-corrected chi connectivity index (χ1v) is 53.1. The van der Waals surface area contributed by atoms with Crippen LogP contribution in [0, 0.1) is 5.92 Å². The van der Waals surface area contributed by atoms with Crippen LogP contribution in [-0.2, 0) is 121 Å². The number of ether oxygens (including phenoxy) is 2. The van der Waals surface area contributed by atoms with E-state index in [0.29, 0.717) is 31.2 Å². The maximum Gasteiger partial charge on any atom is 0.326 e. The molecule has 16 amide bonds. The molecule has 1 rings (SSSR count). The number of carboxylic acids is 4. The van der Waals surface area contributed by atoms with Gasteiger partial charge in [-0.2, -0.15) is 11.8 Å². The average molecular weight is 2150 g/mol. The Balaban J connectivity index is 0.000222.